The van der Waals surface area contributed by atoms with E-state index in [0.29, 0.717) is 11.3 Å². The molecule has 0 aliphatic rings. The number of nitrogens with one attached hydrogen (secondary N) is 1. The second-order valence-electron chi connectivity index (χ2n) is 3.08. The first kappa shape index (κ1) is 10.5. The molecule has 0 saturated heterocycles. The SMILES string of the molecule is CNC(=O)c1ccc(N(C)[O-])cc1C. The van der Waals surface area contributed by atoms with Gasteiger partial charge in [-0.25, -0.2) is 0 Å². The zero-order chi connectivity index (χ0) is 10.7. The Hall–Kier alpha value is -1.55. The lowest BCUT2D eigenvalue weighted by atomic mass is 10.1. The molecule has 4 nitrogen and oxygen atoms in total. The highest BCUT2D eigenvalue weighted by atomic mass is 16.5. The van der Waals surface area contributed by atoms with Crippen LogP contribution in [-0.2, 0) is 0 Å². The van der Waals surface area contributed by atoms with Crippen molar-refractivity contribution < 1.29 is 4.79 Å². The van der Waals surface area contributed by atoms with Crippen LogP contribution in [0.5, 0.6) is 0 Å². The van der Waals surface area contributed by atoms with Crippen molar-refractivity contribution in [3.63, 3.8) is 0 Å². The van der Waals surface area contributed by atoms with E-state index >= 15 is 0 Å². The van der Waals surface area contributed by atoms with Crippen LogP contribution in [0.2, 0.25) is 0 Å². The molecule has 1 rings (SSSR count). The zero-order valence-corrected chi connectivity index (χ0v) is 8.50. The van der Waals surface area contributed by atoms with E-state index in [1.165, 1.54) is 7.05 Å². The highest BCUT2D eigenvalue weighted by molar-refractivity contribution is 5.95. The molecule has 0 aliphatic carbocycles. The Morgan fingerprint density at radius 2 is 2.14 bits per heavy atom. The Bertz CT molecular complexity index is 348. The summed E-state index contributed by atoms with van der Waals surface area (Å²) in [5, 5.41) is 14.3. The van der Waals surface area contributed by atoms with E-state index in [1.54, 1.807) is 32.2 Å². The number of nitrogens with zero attached hydrogens (tertiary/aromatic N) is 1. The number of aryl methyl sites for hydroxylation is 1. The number of rotatable bonds is 2. The normalized spacial score (nSPS) is 9.71. The van der Waals surface area contributed by atoms with Gasteiger partial charge in [-0.05, 0) is 37.7 Å². The number of hydroxylamine groups is 1. The first-order chi connectivity index (χ1) is 6.56. The van der Waals surface area contributed by atoms with Crippen molar-refractivity contribution in [2.45, 2.75) is 6.92 Å². The highest BCUT2D eigenvalue weighted by Gasteiger charge is 2.06. The van der Waals surface area contributed by atoms with E-state index in [-0.39, 0.29) is 5.91 Å². The maximum Gasteiger partial charge on any atom is 0.251 e. The molecule has 0 unspecified atom stereocenters. The maximum atomic E-state index is 11.3. The molecule has 1 N–H and O–H groups in total. The van der Waals surface area contributed by atoms with Crippen LogP contribution in [0.15, 0.2) is 18.2 Å². The molecule has 0 heterocycles. The van der Waals surface area contributed by atoms with Gasteiger partial charge in [0.2, 0.25) is 0 Å². The van der Waals surface area contributed by atoms with Crippen molar-refractivity contribution in [2.75, 3.05) is 19.2 Å². The van der Waals surface area contributed by atoms with Crippen LogP contribution in [0, 0.1) is 12.1 Å². The Morgan fingerprint density at radius 3 is 2.57 bits per heavy atom. The van der Waals surface area contributed by atoms with Gasteiger partial charge in [0.05, 0.1) is 0 Å². The van der Waals surface area contributed by atoms with Gasteiger partial charge in [0.25, 0.3) is 5.91 Å². The predicted molar refractivity (Wildman–Crippen MR) is 56.3 cm³/mol. The van der Waals surface area contributed by atoms with Gasteiger partial charge in [0.15, 0.2) is 0 Å². The molecule has 0 bridgehead atoms. The molecule has 0 aromatic heterocycles. The highest BCUT2D eigenvalue weighted by Crippen LogP contribution is 2.17. The van der Waals surface area contributed by atoms with Gasteiger partial charge in [-0.1, -0.05) is 0 Å². The third-order valence-electron chi connectivity index (χ3n) is 2.05. The van der Waals surface area contributed by atoms with Crippen molar-refractivity contribution in [3.05, 3.63) is 34.5 Å². The standard InChI is InChI=1S/C10H13N2O2/c1-7-6-8(12(3)14)4-5-9(7)10(13)11-2/h4-6H,1-3H3,(H,11,13)/q-1. The second kappa shape index (κ2) is 4.11. The quantitative estimate of drug-likeness (QED) is 0.720. The van der Waals surface area contributed by atoms with E-state index in [0.717, 1.165) is 10.6 Å². The van der Waals surface area contributed by atoms with Crippen LogP contribution in [0.1, 0.15) is 15.9 Å². The molecule has 1 aromatic rings. The molecule has 0 aliphatic heterocycles. The van der Waals surface area contributed by atoms with Gasteiger partial charge in [0.1, 0.15) is 0 Å². The van der Waals surface area contributed by atoms with Crippen LogP contribution in [-0.4, -0.2) is 20.0 Å². The molecule has 0 atom stereocenters. The third kappa shape index (κ3) is 2.03. The van der Waals surface area contributed by atoms with Crippen LogP contribution in [0.3, 0.4) is 0 Å². The summed E-state index contributed by atoms with van der Waals surface area (Å²) in [6.45, 7) is 1.80. The fourth-order valence-electron chi connectivity index (χ4n) is 1.23. The Balaban J connectivity index is 3.07. The molecule has 0 saturated carbocycles. The smallest absolute Gasteiger partial charge is 0.251 e. The minimum absolute atomic E-state index is 0.136. The fraction of sp³-hybridized carbons (Fsp3) is 0.300. The largest absolute Gasteiger partial charge is 0.758 e. The number of carbonyl (C=O) groups excluding carboxylic acids is 1. The molecule has 76 valence electrons. The van der Waals surface area contributed by atoms with Crippen molar-refractivity contribution in [1.82, 2.24) is 5.32 Å². The van der Waals surface area contributed by atoms with Crippen LogP contribution in [0.4, 0.5) is 5.69 Å². The van der Waals surface area contributed by atoms with E-state index < -0.39 is 0 Å². The summed E-state index contributed by atoms with van der Waals surface area (Å²) in [7, 11) is 3.00. The average molecular weight is 193 g/mol. The van der Waals surface area contributed by atoms with E-state index in [9.17, 15) is 10.0 Å². The number of anilines is 1. The molecule has 0 radical (unpaired) electrons. The lowest BCUT2D eigenvalue weighted by molar-refractivity contribution is 0.0962. The fourth-order valence-corrected chi connectivity index (χ4v) is 1.23. The number of carbonyl (C=O) groups is 1. The van der Waals surface area contributed by atoms with E-state index in [2.05, 4.69) is 5.32 Å². The summed E-state index contributed by atoms with van der Waals surface area (Å²) in [6, 6.07) is 4.97. The topological polar surface area (TPSA) is 55.4 Å². The Labute approximate surface area is 83.1 Å². The zero-order valence-electron chi connectivity index (χ0n) is 8.50. The number of benzene rings is 1. The lowest BCUT2D eigenvalue weighted by Crippen LogP contribution is -2.19. The minimum Gasteiger partial charge on any atom is -0.758 e. The van der Waals surface area contributed by atoms with Crippen LogP contribution >= 0.6 is 0 Å². The molecule has 14 heavy (non-hydrogen) atoms. The van der Waals surface area contributed by atoms with Crippen molar-refractivity contribution >= 4 is 11.6 Å². The molecule has 4 heteroatoms. The molecule has 1 aromatic carbocycles. The first-order valence-electron chi connectivity index (χ1n) is 4.30. The average Bonchev–Trinajstić information content (AvgIpc) is 2.16. The van der Waals surface area contributed by atoms with Crippen molar-refractivity contribution in [2.24, 2.45) is 0 Å². The van der Waals surface area contributed by atoms with Gasteiger partial charge >= 0.3 is 0 Å². The Kier molecular flexibility index (Phi) is 3.09. The van der Waals surface area contributed by atoms with Gasteiger partial charge in [0, 0.05) is 18.3 Å². The van der Waals surface area contributed by atoms with Crippen LogP contribution in [0.25, 0.3) is 0 Å². The molecule has 0 spiro atoms. The number of hydrogen-bond donors (Lipinski definition) is 1. The van der Waals surface area contributed by atoms with E-state index in [4.69, 9.17) is 0 Å². The van der Waals surface area contributed by atoms with E-state index in [1.807, 2.05) is 0 Å². The van der Waals surface area contributed by atoms with Gasteiger partial charge in [-0.2, -0.15) is 0 Å². The molecular weight excluding hydrogens is 180 g/mol. The molecule has 1 amide bonds. The van der Waals surface area contributed by atoms with Crippen molar-refractivity contribution in [3.8, 4) is 0 Å². The van der Waals surface area contributed by atoms with Gasteiger partial charge in [-0.3, -0.25) is 4.79 Å². The summed E-state index contributed by atoms with van der Waals surface area (Å²) in [6.07, 6.45) is 0. The second-order valence-corrected chi connectivity index (χ2v) is 3.08. The lowest BCUT2D eigenvalue weighted by Gasteiger charge is -2.25. The summed E-state index contributed by atoms with van der Waals surface area (Å²) >= 11 is 0. The minimum atomic E-state index is -0.136. The van der Waals surface area contributed by atoms with Gasteiger partial charge in [-0.15, -0.1) is 0 Å². The van der Waals surface area contributed by atoms with Gasteiger partial charge < -0.3 is 15.6 Å². The summed E-state index contributed by atoms with van der Waals surface area (Å²) in [5.41, 5.74) is 1.94. The summed E-state index contributed by atoms with van der Waals surface area (Å²) < 4.78 is 0. The summed E-state index contributed by atoms with van der Waals surface area (Å²) in [5.74, 6) is -0.136. The Morgan fingerprint density at radius 1 is 1.50 bits per heavy atom. The first-order valence-corrected chi connectivity index (χ1v) is 4.30. The maximum absolute atomic E-state index is 11.3. The third-order valence-corrected chi connectivity index (χ3v) is 2.05. The molecular formula is C10H13N2O2-. The molecule has 0 fully saturated rings. The predicted octanol–water partition coefficient (Wildman–Crippen LogP) is 1.29. The number of amides is 1. The van der Waals surface area contributed by atoms with Crippen molar-refractivity contribution in [1.29, 1.82) is 0 Å². The number of hydrogen-bond acceptors (Lipinski definition) is 3. The van der Waals surface area contributed by atoms with Crippen LogP contribution < -0.4 is 10.4 Å². The monoisotopic (exact) mass is 193 g/mol. The summed E-state index contributed by atoms with van der Waals surface area (Å²) in [4.78, 5) is 11.3.